The maximum atomic E-state index is 13.2. The van der Waals surface area contributed by atoms with Crippen molar-refractivity contribution in [3.8, 4) is 11.1 Å². The van der Waals surface area contributed by atoms with Gasteiger partial charge < -0.3 is 4.74 Å². The number of benzene rings is 3. The zero-order valence-corrected chi connectivity index (χ0v) is 24.2. The summed E-state index contributed by atoms with van der Waals surface area (Å²) in [5.74, 6) is 0. The van der Waals surface area contributed by atoms with Crippen LogP contribution in [0.2, 0.25) is 0 Å². The minimum absolute atomic E-state index is 0.180. The van der Waals surface area contributed by atoms with Crippen LogP contribution in [0.4, 0.5) is 4.79 Å². The lowest BCUT2D eigenvalue weighted by Gasteiger charge is -2.28. The normalized spacial score (nSPS) is 18.3. The summed E-state index contributed by atoms with van der Waals surface area (Å²) >= 11 is 6.86. The number of hydrogen-bond acceptors (Lipinski definition) is 4. The Labute approximate surface area is 229 Å². The van der Waals surface area contributed by atoms with Gasteiger partial charge in [-0.2, -0.15) is 0 Å². The summed E-state index contributed by atoms with van der Waals surface area (Å²) in [5.41, 5.74) is 2.18. The molecule has 3 aromatic carbocycles. The van der Waals surface area contributed by atoms with E-state index in [0.717, 1.165) is 25.6 Å². The van der Waals surface area contributed by atoms with E-state index in [4.69, 9.17) is 4.74 Å². The van der Waals surface area contributed by atoms with Gasteiger partial charge in [0.25, 0.3) is 0 Å². The fraction of sp³-hybridized carbons (Fsp3) is 0.296. The fourth-order valence-electron chi connectivity index (χ4n) is 4.20. The molecule has 3 aromatic rings. The number of sulfonamides is 1. The van der Waals surface area contributed by atoms with E-state index in [0.29, 0.717) is 6.42 Å². The first-order valence-electron chi connectivity index (χ1n) is 11.5. The van der Waals surface area contributed by atoms with Crippen molar-refractivity contribution < 1.29 is 17.9 Å². The maximum absolute atomic E-state index is 13.2. The summed E-state index contributed by atoms with van der Waals surface area (Å²) in [6, 6.07) is 21.6. The lowest BCUT2D eigenvalue weighted by Crippen LogP contribution is -2.40. The molecule has 36 heavy (non-hydrogen) atoms. The Morgan fingerprint density at radius 3 is 1.92 bits per heavy atom. The number of rotatable bonds is 5. The number of hydrogen-bond donors (Lipinski definition) is 1. The number of ether oxygens (including phenoxy) is 1. The summed E-state index contributed by atoms with van der Waals surface area (Å²) in [4.78, 5) is 14.8. The number of carbonyl (C=O) groups excluding carboxylic acids is 1. The van der Waals surface area contributed by atoms with Gasteiger partial charge in [0.15, 0.2) is 0 Å². The van der Waals surface area contributed by atoms with Gasteiger partial charge in [-0.15, -0.1) is 0 Å². The molecule has 0 radical (unpaired) electrons. The van der Waals surface area contributed by atoms with Crippen LogP contribution in [0, 0.1) is 0 Å². The number of nitrogens with zero attached hydrogens (tertiary/aromatic N) is 1. The monoisotopic (exact) mass is 634 g/mol. The molecule has 1 N–H and O–H groups in total. The van der Waals surface area contributed by atoms with Gasteiger partial charge in [-0.1, -0.05) is 68.3 Å². The van der Waals surface area contributed by atoms with Gasteiger partial charge in [0, 0.05) is 21.5 Å². The Hall–Kier alpha value is -2.20. The van der Waals surface area contributed by atoms with Crippen molar-refractivity contribution in [1.29, 1.82) is 0 Å². The molecular formula is C27H28Br2N2O4S. The van der Waals surface area contributed by atoms with E-state index in [-0.39, 0.29) is 17.5 Å². The van der Waals surface area contributed by atoms with Crippen molar-refractivity contribution in [2.45, 2.75) is 49.8 Å². The topological polar surface area (TPSA) is 75.7 Å². The quantitative estimate of drug-likeness (QED) is 0.331. The van der Waals surface area contributed by atoms with Crippen LogP contribution in [-0.2, 0) is 14.8 Å². The van der Waals surface area contributed by atoms with Crippen LogP contribution in [0.15, 0.2) is 86.6 Å². The molecule has 2 unspecified atom stereocenters. The summed E-state index contributed by atoms with van der Waals surface area (Å²) in [6.07, 6.45) is -0.0205. The average molecular weight is 636 g/mol. The second-order valence-corrected chi connectivity index (χ2v) is 13.3. The lowest BCUT2D eigenvalue weighted by atomic mass is 10.0. The molecule has 1 fully saturated rings. The van der Waals surface area contributed by atoms with Gasteiger partial charge in [-0.05, 0) is 80.3 Å². The molecule has 6 nitrogen and oxygen atoms in total. The van der Waals surface area contributed by atoms with Crippen LogP contribution in [0.1, 0.15) is 38.8 Å². The van der Waals surface area contributed by atoms with E-state index in [1.54, 1.807) is 29.2 Å². The first kappa shape index (κ1) is 26.9. The Morgan fingerprint density at radius 2 is 1.39 bits per heavy atom. The van der Waals surface area contributed by atoms with Gasteiger partial charge in [0.05, 0.1) is 10.9 Å². The smallest absolute Gasteiger partial charge is 0.410 e. The van der Waals surface area contributed by atoms with Gasteiger partial charge in [0.1, 0.15) is 5.60 Å². The Morgan fingerprint density at radius 1 is 0.889 bits per heavy atom. The molecule has 1 aliphatic heterocycles. The zero-order chi connectivity index (χ0) is 26.1. The lowest BCUT2D eigenvalue weighted by molar-refractivity contribution is 0.0222. The molecule has 0 bridgehead atoms. The number of carbonyl (C=O) groups is 1. The molecule has 0 spiro atoms. The van der Waals surface area contributed by atoms with E-state index < -0.39 is 27.8 Å². The maximum Gasteiger partial charge on any atom is 0.410 e. The van der Waals surface area contributed by atoms with E-state index in [1.807, 2.05) is 69.3 Å². The highest BCUT2D eigenvalue weighted by molar-refractivity contribution is 9.10. The molecule has 1 amide bonds. The Balaban J connectivity index is 1.53. The third-order valence-corrected chi connectivity index (χ3v) is 8.44. The fourth-order valence-corrected chi connectivity index (χ4v) is 5.97. The highest BCUT2D eigenvalue weighted by Gasteiger charge is 2.40. The highest BCUT2D eigenvalue weighted by atomic mass is 79.9. The predicted molar refractivity (Wildman–Crippen MR) is 148 cm³/mol. The van der Waals surface area contributed by atoms with Crippen LogP contribution in [0.25, 0.3) is 11.1 Å². The summed E-state index contributed by atoms with van der Waals surface area (Å²) in [5, 5.41) is 0. The van der Waals surface area contributed by atoms with E-state index in [9.17, 15) is 13.2 Å². The molecule has 190 valence electrons. The van der Waals surface area contributed by atoms with E-state index in [2.05, 4.69) is 36.6 Å². The van der Waals surface area contributed by atoms with Gasteiger partial charge in [0.2, 0.25) is 10.0 Å². The number of nitrogens with one attached hydrogen (secondary N) is 1. The molecule has 0 aliphatic carbocycles. The van der Waals surface area contributed by atoms with Crippen LogP contribution < -0.4 is 4.72 Å². The zero-order valence-electron chi connectivity index (χ0n) is 20.2. The highest BCUT2D eigenvalue weighted by Crippen LogP contribution is 2.35. The second-order valence-electron chi connectivity index (χ2n) is 9.79. The summed E-state index contributed by atoms with van der Waals surface area (Å²) in [6.45, 7) is 5.65. The van der Waals surface area contributed by atoms with Crippen molar-refractivity contribution in [1.82, 2.24) is 9.62 Å². The van der Waals surface area contributed by atoms with Crippen molar-refractivity contribution >= 4 is 48.0 Å². The van der Waals surface area contributed by atoms with Crippen molar-refractivity contribution in [3.05, 3.63) is 87.3 Å². The summed E-state index contributed by atoms with van der Waals surface area (Å²) < 4.78 is 36.8. The van der Waals surface area contributed by atoms with Crippen molar-refractivity contribution in [2.75, 3.05) is 6.54 Å². The number of amides is 1. The van der Waals surface area contributed by atoms with Gasteiger partial charge >= 0.3 is 6.09 Å². The van der Waals surface area contributed by atoms with Crippen LogP contribution >= 0.6 is 31.9 Å². The first-order chi connectivity index (χ1) is 16.9. The van der Waals surface area contributed by atoms with Crippen molar-refractivity contribution in [3.63, 3.8) is 0 Å². The molecule has 0 aromatic heterocycles. The SMILES string of the molecule is CC(C)(C)OC(=O)N1CC(NS(=O)(=O)c2ccc(-c3ccc(Br)cc3)cc2)CC1c1ccc(Br)cc1. The Kier molecular flexibility index (Phi) is 7.95. The first-order valence-corrected chi connectivity index (χ1v) is 14.6. The molecule has 4 rings (SSSR count). The second kappa shape index (κ2) is 10.7. The van der Waals surface area contributed by atoms with Crippen LogP contribution in [-0.4, -0.2) is 37.6 Å². The standard InChI is InChI=1S/C27H28Br2N2O4S/c1-27(2,3)35-26(32)31-17-23(16-25(31)20-6-12-22(29)13-7-20)30-36(33,34)24-14-8-19(9-15-24)18-4-10-21(28)11-5-18/h4-15,23,25,30H,16-17H2,1-3H3. The molecule has 0 saturated carbocycles. The minimum atomic E-state index is -3.79. The summed E-state index contributed by atoms with van der Waals surface area (Å²) in [7, 11) is -3.79. The minimum Gasteiger partial charge on any atom is -0.444 e. The molecular weight excluding hydrogens is 608 g/mol. The molecule has 1 saturated heterocycles. The molecule has 9 heteroatoms. The van der Waals surface area contributed by atoms with E-state index >= 15 is 0 Å². The Bertz CT molecular complexity index is 1320. The predicted octanol–water partition coefficient (Wildman–Crippen LogP) is 6.91. The third-order valence-electron chi connectivity index (χ3n) is 5.85. The average Bonchev–Trinajstić information content (AvgIpc) is 3.22. The number of likely N-dealkylation sites (tertiary alicyclic amines) is 1. The van der Waals surface area contributed by atoms with Crippen LogP contribution in [0.5, 0.6) is 0 Å². The molecule has 2 atom stereocenters. The van der Waals surface area contributed by atoms with Gasteiger partial charge in [-0.3, -0.25) is 4.90 Å². The molecule has 1 heterocycles. The number of halogens is 2. The van der Waals surface area contributed by atoms with Gasteiger partial charge in [-0.25, -0.2) is 17.9 Å². The van der Waals surface area contributed by atoms with Crippen molar-refractivity contribution in [2.24, 2.45) is 0 Å². The van der Waals surface area contributed by atoms with Crippen LogP contribution in [0.3, 0.4) is 0 Å². The molecule has 1 aliphatic rings. The van der Waals surface area contributed by atoms with E-state index in [1.165, 1.54) is 0 Å². The largest absolute Gasteiger partial charge is 0.444 e. The third kappa shape index (κ3) is 6.56.